The van der Waals surface area contributed by atoms with Crippen LogP contribution in [0, 0.1) is 0 Å². The van der Waals surface area contributed by atoms with Gasteiger partial charge in [-0.05, 0) is 42.3 Å². The average Bonchev–Trinajstić information content (AvgIpc) is 2.47. The number of amides is 1. The fourth-order valence-electron chi connectivity index (χ4n) is 1.75. The number of benzene rings is 2. The van der Waals surface area contributed by atoms with Gasteiger partial charge in [0.15, 0.2) is 6.61 Å². The number of ether oxygens (including phenoxy) is 1. The van der Waals surface area contributed by atoms with Crippen molar-refractivity contribution in [1.82, 2.24) is 5.32 Å². The zero-order valence-corrected chi connectivity index (χ0v) is 12.8. The zero-order chi connectivity index (χ0) is 15.1. The molecule has 110 valence electrons. The van der Waals surface area contributed by atoms with Gasteiger partial charge in [-0.2, -0.15) is 0 Å². The number of rotatable bonds is 6. The van der Waals surface area contributed by atoms with Gasteiger partial charge in [-0.25, -0.2) is 0 Å². The Bertz CT molecular complexity index is 599. The fraction of sp³-hybridized carbons (Fsp3) is 0.188. The summed E-state index contributed by atoms with van der Waals surface area (Å²) in [5, 5.41) is 4.09. The lowest BCUT2D eigenvalue weighted by molar-refractivity contribution is -0.123. The van der Waals surface area contributed by atoms with E-state index in [0.29, 0.717) is 22.3 Å². The molecular formula is C16H15Cl2NO2. The predicted molar refractivity (Wildman–Crippen MR) is 85.1 cm³/mol. The largest absolute Gasteiger partial charge is 0.484 e. The van der Waals surface area contributed by atoms with Crippen molar-refractivity contribution in [3.8, 4) is 5.75 Å². The van der Waals surface area contributed by atoms with E-state index in [4.69, 9.17) is 27.9 Å². The SMILES string of the molecule is O=C(COc1cccc(Cl)c1)NCCc1ccc(Cl)cc1. The number of carbonyl (C=O) groups excluding carboxylic acids is 1. The van der Waals surface area contributed by atoms with Crippen LogP contribution in [0.3, 0.4) is 0 Å². The van der Waals surface area contributed by atoms with Crippen LogP contribution in [0.25, 0.3) is 0 Å². The third-order valence-corrected chi connectivity index (χ3v) is 3.30. The van der Waals surface area contributed by atoms with Gasteiger partial charge in [-0.15, -0.1) is 0 Å². The first-order valence-corrected chi connectivity index (χ1v) is 7.28. The van der Waals surface area contributed by atoms with Crippen molar-refractivity contribution in [3.63, 3.8) is 0 Å². The van der Waals surface area contributed by atoms with E-state index in [1.807, 2.05) is 24.3 Å². The number of hydrogen-bond donors (Lipinski definition) is 1. The third-order valence-electron chi connectivity index (χ3n) is 2.82. The second-order valence-electron chi connectivity index (χ2n) is 4.47. The van der Waals surface area contributed by atoms with Gasteiger partial charge in [-0.1, -0.05) is 41.4 Å². The molecule has 0 atom stereocenters. The van der Waals surface area contributed by atoms with Gasteiger partial charge in [0.1, 0.15) is 5.75 Å². The van der Waals surface area contributed by atoms with E-state index in [-0.39, 0.29) is 12.5 Å². The maximum atomic E-state index is 11.7. The molecule has 2 aromatic rings. The molecule has 0 aliphatic heterocycles. The minimum Gasteiger partial charge on any atom is -0.484 e. The molecule has 2 aromatic carbocycles. The van der Waals surface area contributed by atoms with E-state index in [0.717, 1.165) is 12.0 Å². The summed E-state index contributed by atoms with van der Waals surface area (Å²) in [6.45, 7) is 0.528. The molecule has 0 spiro atoms. The van der Waals surface area contributed by atoms with Crippen LogP contribution < -0.4 is 10.1 Å². The molecular weight excluding hydrogens is 309 g/mol. The number of nitrogens with one attached hydrogen (secondary N) is 1. The Hall–Kier alpha value is -1.71. The topological polar surface area (TPSA) is 38.3 Å². The molecule has 5 heteroatoms. The standard InChI is InChI=1S/C16H15Cl2NO2/c17-13-6-4-12(5-7-13)8-9-19-16(20)11-21-15-3-1-2-14(18)10-15/h1-7,10H,8-9,11H2,(H,19,20). The number of carbonyl (C=O) groups is 1. The first-order valence-electron chi connectivity index (χ1n) is 6.53. The minimum atomic E-state index is -0.163. The summed E-state index contributed by atoms with van der Waals surface area (Å²) < 4.78 is 5.35. The van der Waals surface area contributed by atoms with Gasteiger partial charge in [-0.3, -0.25) is 4.79 Å². The Morgan fingerprint density at radius 2 is 1.81 bits per heavy atom. The minimum absolute atomic E-state index is 0.0268. The van der Waals surface area contributed by atoms with Gasteiger partial charge >= 0.3 is 0 Å². The summed E-state index contributed by atoms with van der Waals surface area (Å²) in [6.07, 6.45) is 0.750. The molecule has 0 saturated heterocycles. The quantitative estimate of drug-likeness (QED) is 0.879. The average molecular weight is 324 g/mol. The highest BCUT2D eigenvalue weighted by molar-refractivity contribution is 6.30. The van der Waals surface area contributed by atoms with E-state index >= 15 is 0 Å². The molecule has 0 aliphatic carbocycles. The smallest absolute Gasteiger partial charge is 0.257 e. The molecule has 0 unspecified atom stereocenters. The molecule has 3 nitrogen and oxygen atoms in total. The van der Waals surface area contributed by atoms with E-state index in [1.54, 1.807) is 24.3 Å². The zero-order valence-electron chi connectivity index (χ0n) is 11.3. The summed E-state index contributed by atoms with van der Waals surface area (Å²) >= 11 is 11.6. The molecule has 0 saturated carbocycles. The van der Waals surface area contributed by atoms with Crippen LogP contribution >= 0.6 is 23.2 Å². The van der Waals surface area contributed by atoms with Gasteiger partial charge in [0, 0.05) is 16.6 Å². The molecule has 1 N–H and O–H groups in total. The fourth-order valence-corrected chi connectivity index (χ4v) is 2.06. The third kappa shape index (κ3) is 5.66. The molecule has 1 amide bonds. The maximum Gasteiger partial charge on any atom is 0.257 e. The molecule has 2 rings (SSSR count). The highest BCUT2D eigenvalue weighted by Crippen LogP contribution is 2.16. The summed E-state index contributed by atoms with van der Waals surface area (Å²) in [4.78, 5) is 11.7. The predicted octanol–water partition coefficient (Wildman–Crippen LogP) is 3.73. The molecule has 0 heterocycles. The Labute approximate surface area is 133 Å². The van der Waals surface area contributed by atoms with E-state index in [2.05, 4.69) is 5.32 Å². The van der Waals surface area contributed by atoms with Crippen LogP contribution in [0.4, 0.5) is 0 Å². The van der Waals surface area contributed by atoms with Crippen LogP contribution in [0.1, 0.15) is 5.56 Å². The lowest BCUT2D eigenvalue weighted by Crippen LogP contribution is -2.30. The molecule has 0 bridgehead atoms. The molecule has 0 fully saturated rings. The summed E-state index contributed by atoms with van der Waals surface area (Å²) in [5.41, 5.74) is 1.12. The lowest BCUT2D eigenvalue weighted by atomic mass is 10.1. The van der Waals surface area contributed by atoms with Crippen LogP contribution in [0.2, 0.25) is 10.0 Å². The van der Waals surface area contributed by atoms with Crippen LogP contribution in [-0.2, 0) is 11.2 Å². The van der Waals surface area contributed by atoms with Crippen molar-refractivity contribution < 1.29 is 9.53 Å². The van der Waals surface area contributed by atoms with E-state index in [9.17, 15) is 4.79 Å². The van der Waals surface area contributed by atoms with Crippen LogP contribution in [0.15, 0.2) is 48.5 Å². The summed E-state index contributed by atoms with van der Waals surface area (Å²) in [7, 11) is 0. The van der Waals surface area contributed by atoms with Gasteiger partial charge in [0.25, 0.3) is 5.91 Å². The first kappa shape index (κ1) is 15.7. The molecule has 0 aromatic heterocycles. The van der Waals surface area contributed by atoms with Crippen molar-refractivity contribution in [3.05, 3.63) is 64.1 Å². The Balaban J connectivity index is 1.69. The molecule has 0 radical (unpaired) electrons. The number of halogens is 2. The Kier molecular flexibility index (Phi) is 5.90. The summed E-state index contributed by atoms with van der Waals surface area (Å²) in [5.74, 6) is 0.416. The normalized spacial score (nSPS) is 10.2. The first-order chi connectivity index (χ1) is 10.1. The van der Waals surface area contributed by atoms with E-state index in [1.165, 1.54) is 0 Å². The van der Waals surface area contributed by atoms with Gasteiger partial charge in [0.2, 0.25) is 0 Å². The van der Waals surface area contributed by atoms with Crippen molar-refractivity contribution in [2.45, 2.75) is 6.42 Å². The van der Waals surface area contributed by atoms with Gasteiger partial charge < -0.3 is 10.1 Å². The lowest BCUT2D eigenvalue weighted by Gasteiger charge is -2.08. The monoisotopic (exact) mass is 323 g/mol. The van der Waals surface area contributed by atoms with Crippen molar-refractivity contribution in [2.75, 3.05) is 13.2 Å². The Morgan fingerprint density at radius 1 is 1.05 bits per heavy atom. The second-order valence-corrected chi connectivity index (χ2v) is 5.35. The number of hydrogen-bond acceptors (Lipinski definition) is 2. The van der Waals surface area contributed by atoms with Crippen molar-refractivity contribution in [2.24, 2.45) is 0 Å². The van der Waals surface area contributed by atoms with Gasteiger partial charge in [0.05, 0.1) is 0 Å². The van der Waals surface area contributed by atoms with Crippen molar-refractivity contribution in [1.29, 1.82) is 0 Å². The highest BCUT2D eigenvalue weighted by atomic mass is 35.5. The van der Waals surface area contributed by atoms with Crippen molar-refractivity contribution >= 4 is 29.1 Å². The highest BCUT2D eigenvalue weighted by Gasteiger charge is 2.03. The molecule has 21 heavy (non-hydrogen) atoms. The second kappa shape index (κ2) is 7.91. The van der Waals surface area contributed by atoms with E-state index < -0.39 is 0 Å². The summed E-state index contributed by atoms with van der Waals surface area (Å²) in [6, 6.07) is 14.5. The molecule has 0 aliphatic rings. The van der Waals surface area contributed by atoms with Crippen LogP contribution in [-0.4, -0.2) is 19.1 Å². The van der Waals surface area contributed by atoms with Crippen LogP contribution in [0.5, 0.6) is 5.75 Å². The Morgan fingerprint density at radius 3 is 2.52 bits per heavy atom. The maximum absolute atomic E-state index is 11.7.